The summed E-state index contributed by atoms with van der Waals surface area (Å²) >= 11 is 4.33. The van der Waals surface area contributed by atoms with Crippen molar-refractivity contribution in [1.29, 1.82) is 0 Å². The Morgan fingerprint density at radius 3 is 2.89 bits per heavy atom. The van der Waals surface area contributed by atoms with Gasteiger partial charge in [-0.3, -0.25) is 4.79 Å². The Morgan fingerprint density at radius 2 is 2.21 bits per heavy atom. The third-order valence-corrected chi connectivity index (χ3v) is 3.39. The molecule has 0 amide bonds. The van der Waals surface area contributed by atoms with Gasteiger partial charge in [-0.25, -0.2) is 9.67 Å². The third-order valence-electron chi connectivity index (χ3n) is 3.05. The number of hydrogen-bond acceptors (Lipinski definition) is 4. The van der Waals surface area contributed by atoms with Crippen molar-refractivity contribution >= 4 is 23.5 Å². The van der Waals surface area contributed by atoms with E-state index in [4.69, 9.17) is 0 Å². The van der Waals surface area contributed by atoms with Crippen molar-refractivity contribution in [2.45, 2.75) is 5.75 Å². The zero-order chi connectivity index (χ0) is 13.4. The van der Waals surface area contributed by atoms with E-state index in [0.717, 1.165) is 27.9 Å². The van der Waals surface area contributed by atoms with Gasteiger partial charge in [0.15, 0.2) is 5.82 Å². The normalized spacial score (nSPS) is 11.1. The van der Waals surface area contributed by atoms with E-state index in [1.165, 1.54) is 12.4 Å². The van der Waals surface area contributed by atoms with Gasteiger partial charge >= 0.3 is 0 Å². The lowest BCUT2D eigenvalue weighted by molar-refractivity contribution is 0.774. The number of nitrogens with one attached hydrogen (secondary N) is 1. The Hall–Kier alpha value is -2.08. The Balaban J connectivity index is 2.32. The van der Waals surface area contributed by atoms with Gasteiger partial charge in [0, 0.05) is 24.4 Å². The first-order valence-corrected chi connectivity index (χ1v) is 6.43. The lowest BCUT2D eigenvalue weighted by Gasteiger charge is -2.08. The van der Waals surface area contributed by atoms with Crippen molar-refractivity contribution in [3.8, 4) is 11.4 Å². The van der Waals surface area contributed by atoms with Gasteiger partial charge in [-0.15, -0.1) is 0 Å². The molecule has 0 aliphatic heterocycles. The molecular weight excluding hydrogens is 260 g/mol. The van der Waals surface area contributed by atoms with Crippen molar-refractivity contribution in [1.82, 2.24) is 19.7 Å². The molecule has 0 saturated carbocycles. The smallest absolute Gasteiger partial charge is 0.248 e. The molecule has 2 heterocycles. The molecule has 0 aliphatic carbocycles. The summed E-state index contributed by atoms with van der Waals surface area (Å²) in [6.45, 7) is 0. The maximum absolute atomic E-state index is 11.4. The fraction of sp³-hybridized carbons (Fsp3) is 0.154. The second-order valence-corrected chi connectivity index (χ2v) is 4.60. The average Bonchev–Trinajstić information content (AvgIpc) is 2.84. The number of rotatable bonds is 2. The first-order valence-electron chi connectivity index (χ1n) is 5.80. The van der Waals surface area contributed by atoms with Gasteiger partial charge in [-0.05, 0) is 29.1 Å². The fourth-order valence-corrected chi connectivity index (χ4v) is 2.40. The van der Waals surface area contributed by atoms with Crippen LogP contribution >= 0.6 is 12.6 Å². The molecule has 0 aliphatic rings. The lowest BCUT2D eigenvalue weighted by atomic mass is 10.1. The molecule has 3 aromatic rings. The minimum Gasteiger partial charge on any atom is -0.322 e. The molecule has 0 fully saturated rings. The van der Waals surface area contributed by atoms with Crippen LogP contribution in [0.2, 0.25) is 0 Å². The van der Waals surface area contributed by atoms with Crippen LogP contribution in [0.4, 0.5) is 0 Å². The van der Waals surface area contributed by atoms with Crippen LogP contribution in [0.1, 0.15) is 5.56 Å². The van der Waals surface area contributed by atoms with E-state index in [1.807, 2.05) is 19.2 Å². The van der Waals surface area contributed by atoms with E-state index in [2.05, 4.69) is 27.7 Å². The first-order chi connectivity index (χ1) is 9.19. The Labute approximate surface area is 114 Å². The van der Waals surface area contributed by atoms with Gasteiger partial charge < -0.3 is 4.98 Å². The van der Waals surface area contributed by atoms with Crippen molar-refractivity contribution in [2.75, 3.05) is 0 Å². The number of thiol groups is 1. The number of H-pyrrole nitrogens is 1. The summed E-state index contributed by atoms with van der Waals surface area (Å²) in [5.41, 5.74) is 2.65. The minimum absolute atomic E-state index is 0.109. The summed E-state index contributed by atoms with van der Waals surface area (Å²) in [4.78, 5) is 18.5. The van der Waals surface area contributed by atoms with Crippen molar-refractivity contribution in [3.63, 3.8) is 0 Å². The van der Waals surface area contributed by atoms with E-state index >= 15 is 0 Å². The maximum atomic E-state index is 11.4. The zero-order valence-corrected chi connectivity index (χ0v) is 11.2. The van der Waals surface area contributed by atoms with Gasteiger partial charge in [0.25, 0.3) is 0 Å². The molecule has 0 spiro atoms. The van der Waals surface area contributed by atoms with Crippen LogP contribution in [-0.2, 0) is 12.8 Å². The van der Waals surface area contributed by atoms with Crippen molar-refractivity contribution < 1.29 is 0 Å². The molecule has 1 aromatic carbocycles. The van der Waals surface area contributed by atoms with Gasteiger partial charge in [0.2, 0.25) is 5.56 Å². The Kier molecular flexibility index (Phi) is 2.87. The molecule has 2 aromatic heterocycles. The molecule has 5 nitrogen and oxygen atoms in total. The molecule has 96 valence electrons. The second kappa shape index (κ2) is 4.55. The summed E-state index contributed by atoms with van der Waals surface area (Å²) < 4.78 is 1.72. The fourth-order valence-electron chi connectivity index (χ4n) is 2.15. The predicted octanol–water partition coefficient (Wildman–Crippen LogP) is 1.75. The molecule has 0 bridgehead atoms. The standard InChI is InChI=1S/C13H12N4OS/c1-17-13(14-7-15-17)9-4-8-2-3-11(18)16-12(8)10(5-9)6-19/h2-5,7,19H,6H2,1H3,(H,16,18). The van der Waals surface area contributed by atoms with Crippen molar-refractivity contribution in [3.05, 3.63) is 46.5 Å². The summed E-state index contributed by atoms with van der Waals surface area (Å²) in [5, 5.41) is 5.03. The van der Waals surface area contributed by atoms with Crippen LogP contribution < -0.4 is 5.56 Å². The number of aromatic nitrogens is 4. The van der Waals surface area contributed by atoms with Gasteiger partial charge in [0.1, 0.15) is 6.33 Å². The Morgan fingerprint density at radius 1 is 1.37 bits per heavy atom. The number of hydrogen-bond donors (Lipinski definition) is 2. The summed E-state index contributed by atoms with van der Waals surface area (Å²) in [6.07, 6.45) is 1.52. The molecule has 0 saturated heterocycles. The van der Waals surface area contributed by atoms with Gasteiger partial charge in [-0.1, -0.05) is 0 Å². The van der Waals surface area contributed by atoms with Crippen LogP contribution in [0.15, 0.2) is 35.4 Å². The second-order valence-electron chi connectivity index (χ2n) is 4.29. The zero-order valence-electron chi connectivity index (χ0n) is 10.3. The molecule has 1 N–H and O–H groups in total. The number of aromatic amines is 1. The minimum atomic E-state index is -0.109. The molecule has 6 heteroatoms. The topological polar surface area (TPSA) is 63.6 Å². The number of aryl methyl sites for hydroxylation is 1. The summed E-state index contributed by atoms with van der Waals surface area (Å²) in [7, 11) is 1.85. The van der Waals surface area contributed by atoms with E-state index < -0.39 is 0 Å². The number of nitrogens with zero attached hydrogens (tertiary/aromatic N) is 3. The molecule has 0 radical (unpaired) electrons. The molecular formula is C13H12N4OS. The monoisotopic (exact) mass is 272 g/mol. The average molecular weight is 272 g/mol. The molecule has 3 rings (SSSR count). The summed E-state index contributed by atoms with van der Waals surface area (Å²) in [6, 6.07) is 7.30. The van der Waals surface area contributed by atoms with E-state index in [1.54, 1.807) is 10.7 Å². The first kappa shape index (κ1) is 12.0. The van der Waals surface area contributed by atoms with E-state index in [0.29, 0.717) is 5.75 Å². The number of pyridine rings is 1. The van der Waals surface area contributed by atoms with Crippen molar-refractivity contribution in [2.24, 2.45) is 7.05 Å². The number of benzene rings is 1. The summed E-state index contributed by atoms with van der Waals surface area (Å²) in [5.74, 6) is 1.33. The highest BCUT2D eigenvalue weighted by Crippen LogP contribution is 2.25. The maximum Gasteiger partial charge on any atom is 0.248 e. The highest BCUT2D eigenvalue weighted by Gasteiger charge is 2.09. The molecule has 0 atom stereocenters. The van der Waals surface area contributed by atoms with Crippen LogP contribution in [0.3, 0.4) is 0 Å². The van der Waals surface area contributed by atoms with E-state index in [-0.39, 0.29) is 5.56 Å². The number of fused-ring (bicyclic) bond motifs is 1. The SMILES string of the molecule is Cn1ncnc1-c1cc(CS)c2[nH]c(=O)ccc2c1. The predicted molar refractivity (Wildman–Crippen MR) is 77.3 cm³/mol. The van der Waals surface area contributed by atoms with Crippen LogP contribution in [0.25, 0.3) is 22.3 Å². The lowest BCUT2D eigenvalue weighted by Crippen LogP contribution is -2.04. The third kappa shape index (κ3) is 2.04. The van der Waals surface area contributed by atoms with Crippen LogP contribution in [0.5, 0.6) is 0 Å². The van der Waals surface area contributed by atoms with E-state index in [9.17, 15) is 4.79 Å². The van der Waals surface area contributed by atoms with Crippen LogP contribution in [-0.4, -0.2) is 19.7 Å². The largest absolute Gasteiger partial charge is 0.322 e. The van der Waals surface area contributed by atoms with Gasteiger partial charge in [0.05, 0.1) is 5.52 Å². The quantitative estimate of drug-likeness (QED) is 0.699. The highest BCUT2D eigenvalue weighted by atomic mass is 32.1. The van der Waals surface area contributed by atoms with Crippen LogP contribution in [0, 0.1) is 0 Å². The molecule has 0 unspecified atom stereocenters. The highest BCUT2D eigenvalue weighted by molar-refractivity contribution is 7.79. The van der Waals surface area contributed by atoms with Gasteiger partial charge in [-0.2, -0.15) is 17.7 Å². The molecule has 19 heavy (non-hydrogen) atoms. The Bertz CT molecular complexity index is 806.